The highest BCUT2D eigenvalue weighted by atomic mass is 35.5. The lowest BCUT2D eigenvalue weighted by Gasteiger charge is -2.12. The van der Waals surface area contributed by atoms with Gasteiger partial charge in [0.2, 0.25) is 0 Å². The van der Waals surface area contributed by atoms with E-state index in [9.17, 15) is 4.79 Å². The Morgan fingerprint density at radius 2 is 2.13 bits per heavy atom. The fraction of sp³-hybridized carbons (Fsp3) is 0.348. The number of aryl methyl sites for hydroxylation is 1. The monoisotopic (exact) mass is 463 g/mol. The van der Waals surface area contributed by atoms with Crippen molar-refractivity contribution in [1.29, 1.82) is 0 Å². The zero-order valence-electron chi connectivity index (χ0n) is 17.6. The number of furan rings is 1. The first-order valence-electron chi connectivity index (χ1n) is 10.1. The van der Waals surface area contributed by atoms with Gasteiger partial charge in [0.05, 0.1) is 25.2 Å². The fourth-order valence-electron chi connectivity index (χ4n) is 3.32. The van der Waals surface area contributed by atoms with E-state index in [2.05, 4.69) is 12.4 Å². The van der Waals surface area contributed by atoms with Gasteiger partial charge in [-0.15, -0.1) is 11.8 Å². The molecule has 0 spiro atoms. The Morgan fingerprint density at radius 1 is 1.29 bits per heavy atom. The van der Waals surface area contributed by atoms with E-state index in [0.717, 1.165) is 57.9 Å². The number of rotatable bonds is 12. The van der Waals surface area contributed by atoms with Crippen LogP contribution in [0.15, 0.2) is 45.9 Å². The molecule has 0 aliphatic rings. The summed E-state index contributed by atoms with van der Waals surface area (Å²) in [6, 6.07) is 9.36. The normalized spacial score (nSPS) is 11.1. The van der Waals surface area contributed by atoms with E-state index in [0.29, 0.717) is 17.2 Å². The summed E-state index contributed by atoms with van der Waals surface area (Å²) < 4.78 is 11.9. The molecule has 0 saturated heterocycles. The van der Waals surface area contributed by atoms with Crippen molar-refractivity contribution in [2.45, 2.75) is 37.5 Å². The summed E-state index contributed by atoms with van der Waals surface area (Å²) in [5.74, 6) is 0.815. The van der Waals surface area contributed by atoms with Crippen LogP contribution in [0.2, 0.25) is 5.02 Å². The maximum Gasteiger partial charge on any atom is 0.307 e. The summed E-state index contributed by atoms with van der Waals surface area (Å²) in [5.41, 5.74) is 6.21. The Labute approximate surface area is 190 Å². The number of carboxylic acids is 1. The SMILES string of the molecule is CCCc1c(OCCCSc2ccc(CC(=O)O)cc2Cl)ccc2c(NOC)coc12. The highest BCUT2D eigenvalue weighted by molar-refractivity contribution is 7.99. The minimum atomic E-state index is -0.866. The van der Waals surface area contributed by atoms with Gasteiger partial charge in [-0.25, -0.2) is 0 Å². The van der Waals surface area contributed by atoms with Crippen LogP contribution in [0, 0.1) is 0 Å². The lowest BCUT2D eigenvalue weighted by molar-refractivity contribution is -0.136. The number of thioether (sulfide) groups is 1. The second-order valence-electron chi connectivity index (χ2n) is 7.01. The van der Waals surface area contributed by atoms with Gasteiger partial charge in [0.15, 0.2) is 0 Å². The fourth-order valence-corrected chi connectivity index (χ4v) is 4.53. The Morgan fingerprint density at radius 3 is 2.84 bits per heavy atom. The predicted octanol–water partition coefficient (Wildman–Crippen LogP) is 6.20. The number of ether oxygens (including phenoxy) is 1. The molecule has 0 aliphatic carbocycles. The van der Waals surface area contributed by atoms with E-state index in [-0.39, 0.29) is 6.42 Å². The minimum Gasteiger partial charge on any atom is -0.493 e. The number of aliphatic carboxylic acids is 1. The van der Waals surface area contributed by atoms with Crippen LogP contribution in [0.3, 0.4) is 0 Å². The Balaban J connectivity index is 1.57. The highest BCUT2D eigenvalue weighted by Crippen LogP contribution is 2.35. The predicted molar refractivity (Wildman–Crippen MR) is 124 cm³/mol. The summed E-state index contributed by atoms with van der Waals surface area (Å²) in [5, 5.41) is 10.4. The van der Waals surface area contributed by atoms with Gasteiger partial charge in [0.1, 0.15) is 23.3 Å². The third-order valence-corrected chi connectivity index (χ3v) is 6.25. The smallest absolute Gasteiger partial charge is 0.307 e. The molecule has 1 heterocycles. The van der Waals surface area contributed by atoms with Crippen molar-refractivity contribution >= 4 is 46.0 Å². The molecular formula is C23H26ClNO5S. The molecule has 166 valence electrons. The first kappa shape index (κ1) is 23.3. The molecule has 31 heavy (non-hydrogen) atoms. The number of benzene rings is 2. The largest absolute Gasteiger partial charge is 0.493 e. The zero-order chi connectivity index (χ0) is 22.2. The van der Waals surface area contributed by atoms with E-state index < -0.39 is 5.97 Å². The van der Waals surface area contributed by atoms with E-state index in [1.807, 2.05) is 18.2 Å². The van der Waals surface area contributed by atoms with Crippen LogP contribution in [0.5, 0.6) is 5.75 Å². The van der Waals surface area contributed by atoms with E-state index in [1.54, 1.807) is 37.3 Å². The van der Waals surface area contributed by atoms with Crippen molar-refractivity contribution in [2.75, 3.05) is 24.9 Å². The van der Waals surface area contributed by atoms with Gasteiger partial charge in [-0.2, -0.15) is 0 Å². The van der Waals surface area contributed by atoms with Crippen molar-refractivity contribution in [3.63, 3.8) is 0 Å². The van der Waals surface area contributed by atoms with Crippen molar-refractivity contribution in [3.8, 4) is 5.75 Å². The van der Waals surface area contributed by atoms with E-state index >= 15 is 0 Å². The minimum absolute atomic E-state index is 0.0262. The number of nitrogens with one attached hydrogen (secondary N) is 1. The lowest BCUT2D eigenvalue weighted by atomic mass is 10.1. The van der Waals surface area contributed by atoms with Gasteiger partial charge < -0.3 is 14.3 Å². The summed E-state index contributed by atoms with van der Waals surface area (Å²) in [4.78, 5) is 16.8. The third kappa shape index (κ3) is 6.09. The van der Waals surface area contributed by atoms with Crippen molar-refractivity contribution in [1.82, 2.24) is 0 Å². The molecule has 0 saturated carbocycles. The highest BCUT2D eigenvalue weighted by Gasteiger charge is 2.15. The molecule has 2 N–H and O–H groups in total. The second-order valence-corrected chi connectivity index (χ2v) is 8.55. The molecule has 0 bridgehead atoms. The van der Waals surface area contributed by atoms with Gasteiger partial charge in [0.25, 0.3) is 0 Å². The molecule has 8 heteroatoms. The Hall–Kier alpha value is -2.35. The van der Waals surface area contributed by atoms with Gasteiger partial charge >= 0.3 is 5.97 Å². The van der Waals surface area contributed by atoms with E-state index in [1.165, 1.54) is 0 Å². The molecule has 0 unspecified atom stereocenters. The average Bonchev–Trinajstić information content (AvgIpc) is 3.13. The summed E-state index contributed by atoms with van der Waals surface area (Å²) in [6.07, 6.45) is 4.31. The number of halogens is 1. The number of hydrogen-bond acceptors (Lipinski definition) is 6. The number of carbonyl (C=O) groups is 1. The van der Waals surface area contributed by atoms with Crippen LogP contribution >= 0.6 is 23.4 Å². The molecule has 0 amide bonds. The van der Waals surface area contributed by atoms with E-state index in [4.69, 9.17) is 30.7 Å². The summed E-state index contributed by atoms with van der Waals surface area (Å²) >= 11 is 7.92. The second kappa shape index (κ2) is 11.3. The molecule has 3 rings (SSSR count). The topological polar surface area (TPSA) is 80.9 Å². The molecule has 0 atom stereocenters. The van der Waals surface area contributed by atoms with Crippen molar-refractivity contribution < 1.29 is 23.9 Å². The standard InChI is InChI=1S/C23H26ClNO5S/c1-3-5-17-20(8-7-16-19(25-28-2)14-30-23(16)17)29-10-4-11-31-21-9-6-15(12-18(21)24)13-22(26)27/h6-9,12,14,25H,3-5,10-11,13H2,1-2H3,(H,26,27). The molecular weight excluding hydrogens is 438 g/mol. The molecule has 6 nitrogen and oxygen atoms in total. The quantitative estimate of drug-likeness (QED) is 0.188. The molecule has 1 aromatic heterocycles. The molecule has 2 aromatic carbocycles. The maximum atomic E-state index is 10.8. The Bertz CT molecular complexity index is 1040. The number of anilines is 1. The van der Waals surface area contributed by atoms with Crippen molar-refractivity contribution in [2.24, 2.45) is 0 Å². The van der Waals surface area contributed by atoms with Gasteiger partial charge in [-0.1, -0.05) is 31.0 Å². The summed E-state index contributed by atoms with van der Waals surface area (Å²) in [6.45, 7) is 2.70. The lowest BCUT2D eigenvalue weighted by Crippen LogP contribution is -2.02. The third-order valence-electron chi connectivity index (χ3n) is 4.67. The molecule has 3 aromatic rings. The van der Waals surface area contributed by atoms with Gasteiger partial charge in [-0.3, -0.25) is 15.1 Å². The first-order chi connectivity index (χ1) is 15.0. The van der Waals surface area contributed by atoms with Gasteiger partial charge in [-0.05, 0) is 42.7 Å². The molecule has 0 radical (unpaired) electrons. The van der Waals surface area contributed by atoms with Crippen LogP contribution in [-0.4, -0.2) is 30.5 Å². The zero-order valence-corrected chi connectivity index (χ0v) is 19.1. The van der Waals surface area contributed by atoms with Crippen LogP contribution in [0.25, 0.3) is 11.0 Å². The summed E-state index contributed by atoms with van der Waals surface area (Å²) in [7, 11) is 1.57. The number of fused-ring (bicyclic) bond motifs is 1. The van der Waals surface area contributed by atoms with Crippen LogP contribution in [0.1, 0.15) is 30.9 Å². The Kier molecular flexibility index (Phi) is 8.51. The number of carboxylic acid groups (broad SMARTS) is 1. The first-order valence-corrected chi connectivity index (χ1v) is 11.5. The average molecular weight is 464 g/mol. The van der Waals surface area contributed by atoms with Crippen molar-refractivity contribution in [3.05, 3.63) is 52.7 Å². The molecule has 0 aliphatic heterocycles. The van der Waals surface area contributed by atoms with Crippen LogP contribution in [0.4, 0.5) is 5.69 Å². The number of hydrogen-bond donors (Lipinski definition) is 2. The van der Waals surface area contributed by atoms with Crippen LogP contribution < -0.4 is 10.2 Å². The maximum absolute atomic E-state index is 10.8. The van der Waals surface area contributed by atoms with Crippen LogP contribution in [-0.2, 0) is 22.5 Å². The molecule has 0 fully saturated rings. The van der Waals surface area contributed by atoms with Gasteiger partial charge in [0, 0.05) is 21.6 Å².